The number of nitrogens with zero attached hydrogens (tertiary/aromatic N) is 2. The largest absolute Gasteiger partial charge is 0.506 e. The minimum absolute atomic E-state index is 0.0230. The quantitative estimate of drug-likeness (QED) is 0.555. The lowest BCUT2D eigenvalue weighted by Gasteiger charge is -2.19. The van der Waals surface area contributed by atoms with E-state index in [4.69, 9.17) is 0 Å². The second-order valence-electron chi connectivity index (χ2n) is 7.52. The fourth-order valence-corrected chi connectivity index (χ4v) is 7.42. The van der Waals surface area contributed by atoms with Crippen LogP contribution in [0.2, 0.25) is 0 Å². The second-order valence-corrected chi connectivity index (χ2v) is 11.8. The predicted molar refractivity (Wildman–Crippen MR) is 121 cm³/mol. The third-order valence-corrected chi connectivity index (χ3v) is 9.51. The zero-order chi connectivity index (χ0) is 23.5. The summed E-state index contributed by atoms with van der Waals surface area (Å²) in [6.45, 7) is -0.400. The Morgan fingerprint density at radius 1 is 1.15 bits per heavy atom. The van der Waals surface area contributed by atoms with Gasteiger partial charge in [0, 0.05) is 23.9 Å². The molecule has 3 aromatic rings. The van der Waals surface area contributed by atoms with Crippen molar-refractivity contribution in [2.75, 3.05) is 23.9 Å². The Labute approximate surface area is 192 Å². The van der Waals surface area contributed by atoms with Gasteiger partial charge < -0.3 is 5.11 Å². The van der Waals surface area contributed by atoms with Crippen LogP contribution >= 0.6 is 11.3 Å². The SMILES string of the molecule is O=C1CN(c2c(O)cc3ccc(C4=CCN(S(=O)(=O)c5ccsc5)C4)cc3c2F)S(=O)(=O)N1. The van der Waals surface area contributed by atoms with E-state index in [9.17, 15) is 26.7 Å². The third kappa shape index (κ3) is 3.57. The molecule has 0 saturated carbocycles. The average molecular weight is 510 g/mol. The highest BCUT2D eigenvalue weighted by atomic mass is 32.2. The molecule has 0 spiro atoms. The Morgan fingerprint density at radius 3 is 2.61 bits per heavy atom. The van der Waals surface area contributed by atoms with Crippen molar-refractivity contribution in [2.24, 2.45) is 0 Å². The zero-order valence-corrected chi connectivity index (χ0v) is 19.2. The number of carbonyl (C=O) groups is 1. The first-order valence-electron chi connectivity index (χ1n) is 9.58. The molecule has 0 radical (unpaired) electrons. The molecule has 0 aliphatic carbocycles. The number of hydrogen-bond acceptors (Lipinski definition) is 7. The Balaban J connectivity index is 1.52. The molecule has 33 heavy (non-hydrogen) atoms. The van der Waals surface area contributed by atoms with Crippen LogP contribution in [0.1, 0.15) is 5.56 Å². The number of rotatable bonds is 4. The van der Waals surface area contributed by atoms with E-state index in [1.54, 1.807) is 33.7 Å². The van der Waals surface area contributed by atoms with Crippen molar-refractivity contribution < 1.29 is 31.1 Å². The van der Waals surface area contributed by atoms with Gasteiger partial charge in [-0.25, -0.2) is 21.8 Å². The maximum atomic E-state index is 15.4. The molecule has 3 heterocycles. The second kappa shape index (κ2) is 7.52. The number of anilines is 1. The van der Waals surface area contributed by atoms with Gasteiger partial charge in [0.05, 0.1) is 4.90 Å². The number of thiophene rings is 1. The van der Waals surface area contributed by atoms with Crippen LogP contribution in [0.3, 0.4) is 0 Å². The molecule has 1 amide bonds. The van der Waals surface area contributed by atoms with Gasteiger partial charge in [0.2, 0.25) is 10.0 Å². The van der Waals surface area contributed by atoms with Gasteiger partial charge in [-0.2, -0.15) is 24.1 Å². The highest BCUT2D eigenvalue weighted by Crippen LogP contribution is 2.39. The Bertz CT molecular complexity index is 1550. The number of halogens is 1. The minimum Gasteiger partial charge on any atom is -0.506 e. The molecule has 2 aromatic carbocycles. The number of benzene rings is 2. The van der Waals surface area contributed by atoms with Crippen molar-refractivity contribution in [3.63, 3.8) is 0 Å². The summed E-state index contributed by atoms with van der Waals surface area (Å²) in [6, 6.07) is 7.44. The normalized spacial score (nSPS) is 18.6. The maximum absolute atomic E-state index is 15.4. The van der Waals surface area contributed by atoms with Crippen LogP contribution in [0.4, 0.5) is 10.1 Å². The summed E-state index contributed by atoms with van der Waals surface area (Å²) in [5, 5.41) is 13.9. The smallest absolute Gasteiger partial charge is 0.326 e. The molecule has 2 aliphatic heterocycles. The number of aromatic hydroxyl groups is 1. The molecular weight excluding hydrogens is 493 g/mol. The third-order valence-electron chi connectivity index (χ3n) is 5.49. The Kier molecular flexibility index (Phi) is 4.97. The van der Waals surface area contributed by atoms with Crippen LogP contribution in [0.15, 0.2) is 52.1 Å². The number of sulfonamides is 1. The Morgan fingerprint density at radius 2 is 1.94 bits per heavy atom. The van der Waals surface area contributed by atoms with Crippen molar-refractivity contribution in [1.82, 2.24) is 9.03 Å². The maximum Gasteiger partial charge on any atom is 0.326 e. The molecule has 2 N–H and O–H groups in total. The first-order valence-corrected chi connectivity index (χ1v) is 13.4. The van der Waals surface area contributed by atoms with E-state index in [2.05, 4.69) is 0 Å². The van der Waals surface area contributed by atoms with E-state index < -0.39 is 49.9 Å². The average Bonchev–Trinajstić information content (AvgIpc) is 3.49. The summed E-state index contributed by atoms with van der Waals surface area (Å²) in [5.41, 5.74) is 0.593. The number of hydrogen-bond donors (Lipinski definition) is 2. The monoisotopic (exact) mass is 509 g/mol. The van der Waals surface area contributed by atoms with Gasteiger partial charge in [0.1, 0.15) is 18.0 Å². The minimum atomic E-state index is -4.32. The molecule has 13 heteroatoms. The van der Waals surface area contributed by atoms with Crippen LogP contribution in [0, 0.1) is 5.82 Å². The highest BCUT2D eigenvalue weighted by Gasteiger charge is 2.38. The summed E-state index contributed by atoms with van der Waals surface area (Å²) in [7, 11) is -7.98. The van der Waals surface area contributed by atoms with Gasteiger partial charge in [-0.3, -0.25) is 4.79 Å². The Hall–Kier alpha value is -3.00. The lowest BCUT2D eigenvalue weighted by atomic mass is 10.0. The molecule has 1 saturated heterocycles. The molecule has 2 aliphatic rings. The number of amides is 1. The fourth-order valence-electron chi connectivity index (χ4n) is 3.88. The molecule has 172 valence electrons. The highest BCUT2D eigenvalue weighted by molar-refractivity contribution is 7.92. The van der Waals surface area contributed by atoms with Gasteiger partial charge in [0.25, 0.3) is 5.91 Å². The summed E-state index contributed by atoms with van der Waals surface area (Å²) in [5.74, 6) is -2.47. The molecule has 9 nitrogen and oxygen atoms in total. The van der Waals surface area contributed by atoms with Crippen LogP contribution in [0.25, 0.3) is 16.3 Å². The molecule has 0 bridgehead atoms. The van der Waals surface area contributed by atoms with E-state index in [1.807, 2.05) is 0 Å². The van der Waals surface area contributed by atoms with Gasteiger partial charge in [0.15, 0.2) is 5.82 Å². The number of phenols is 1. The molecule has 0 atom stereocenters. The summed E-state index contributed by atoms with van der Waals surface area (Å²) >= 11 is 1.28. The zero-order valence-electron chi connectivity index (χ0n) is 16.7. The van der Waals surface area contributed by atoms with Crippen molar-refractivity contribution in [2.45, 2.75) is 4.90 Å². The number of carbonyl (C=O) groups excluding carboxylic acids is 1. The summed E-state index contributed by atoms with van der Waals surface area (Å²) in [4.78, 5) is 11.8. The van der Waals surface area contributed by atoms with Crippen LogP contribution < -0.4 is 9.03 Å². The number of phenolic OH excluding ortho intramolecular Hbond substituents is 1. The van der Waals surface area contributed by atoms with Gasteiger partial charge >= 0.3 is 10.2 Å². The predicted octanol–water partition coefficient (Wildman–Crippen LogP) is 2.01. The summed E-state index contributed by atoms with van der Waals surface area (Å²) < 4.78 is 68.8. The topological polar surface area (TPSA) is 124 Å². The number of fused-ring (bicyclic) bond motifs is 1. The van der Waals surface area contributed by atoms with Crippen molar-refractivity contribution in [1.29, 1.82) is 0 Å². The van der Waals surface area contributed by atoms with E-state index >= 15 is 4.39 Å². The fraction of sp³-hybridized carbons (Fsp3) is 0.150. The van der Waals surface area contributed by atoms with Crippen molar-refractivity contribution in [3.8, 4) is 5.75 Å². The van der Waals surface area contributed by atoms with Crippen LogP contribution in [-0.2, 0) is 25.0 Å². The van der Waals surface area contributed by atoms with Gasteiger partial charge in [-0.15, -0.1) is 0 Å². The van der Waals surface area contributed by atoms with E-state index in [0.717, 1.165) is 0 Å². The van der Waals surface area contributed by atoms with Crippen LogP contribution in [0.5, 0.6) is 5.75 Å². The molecular formula is C20H16FN3O6S3. The van der Waals surface area contributed by atoms with Gasteiger partial charge in [-0.05, 0) is 40.1 Å². The van der Waals surface area contributed by atoms with E-state index in [1.165, 1.54) is 33.8 Å². The van der Waals surface area contributed by atoms with E-state index in [0.29, 0.717) is 20.8 Å². The molecule has 5 rings (SSSR count). The first kappa shape index (κ1) is 21.8. The lowest BCUT2D eigenvalue weighted by molar-refractivity contribution is -0.117. The van der Waals surface area contributed by atoms with Crippen molar-refractivity contribution >= 4 is 59.5 Å². The summed E-state index contributed by atoms with van der Waals surface area (Å²) in [6.07, 6.45) is 1.73. The van der Waals surface area contributed by atoms with Crippen molar-refractivity contribution in [3.05, 3.63) is 58.5 Å². The first-order chi connectivity index (χ1) is 15.6. The lowest BCUT2D eigenvalue weighted by Crippen LogP contribution is -2.30. The van der Waals surface area contributed by atoms with Crippen LogP contribution in [-0.4, -0.2) is 51.8 Å². The van der Waals surface area contributed by atoms with Gasteiger partial charge in [-0.1, -0.05) is 18.2 Å². The molecule has 1 fully saturated rings. The standard InChI is InChI=1S/C20H16FN3O6S3/c21-19-16-7-12(14-3-5-23(9-14)32(27,28)15-4-6-31-11-15)1-2-13(16)8-17(25)20(19)24-10-18(26)22-33(24,29)30/h1-4,6-8,11,25H,5,9-10H2,(H,22,26). The van der Waals surface area contributed by atoms with E-state index in [-0.39, 0.29) is 23.4 Å². The molecule has 1 aromatic heterocycles. The molecule has 0 unspecified atom stereocenters. The number of nitrogens with one attached hydrogen (secondary N) is 1.